The first-order chi connectivity index (χ1) is 13.3. The van der Waals surface area contributed by atoms with E-state index in [4.69, 9.17) is 47.0 Å². The monoisotopic (exact) mass is 448 g/mol. The van der Waals surface area contributed by atoms with Crippen LogP contribution in [0.2, 0.25) is 15.1 Å². The summed E-state index contributed by atoms with van der Waals surface area (Å²) < 4.78 is 1.68. The first-order valence-corrected chi connectivity index (χ1v) is 9.81. The molecule has 0 atom stereocenters. The second kappa shape index (κ2) is 8.93. The van der Waals surface area contributed by atoms with Crippen LogP contribution in [0.25, 0.3) is 11.5 Å². The van der Waals surface area contributed by atoms with Crippen LogP contribution in [0.4, 0.5) is 5.69 Å². The third-order valence-electron chi connectivity index (χ3n) is 3.91. The number of benzene rings is 2. The van der Waals surface area contributed by atoms with Crippen LogP contribution < -0.4 is 15.0 Å². The Morgan fingerprint density at radius 2 is 1.68 bits per heavy atom. The lowest BCUT2D eigenvalue weighted by atomic mass is 10.1. The summed E-state index contributed by atoms with van der Waals surface area (Å²) in [5.74, 6) is -0.338. The van der Waals surface area contributed by atoms with Crippen LogP contribution in [0, 0.1) is 6.92 Å². The minimum atomic E-state index is -0.338. The molecule has 1 N–H and O–H groups in total. The van der Waals surface area contributed by atoms with Crippen molar-refractivity contribution in [3.05, 3.63) is 93.2 Å². The Morgan fingerprint density at radius 3 is 2.36 bits per heavy atom. The molecule has 0 saturated heterocycles. The topological polar surface area (TPSA) is 39.0 Å². The zero-order chi connectivity index (χ0) is 20.3. The maximum atomic E-state index is 13.4. The number of anilines is 1. The van der Waals surface area contributed by atoms with Crippen molar-refractivity contribution in [2.45, 2.75) is 6.92 Å². The van der Waals surface area contributed by atoms with Crippen molar-refractivity contribution < 1.29 is 9.67 Å². The van der Waals surface area contributed by atoms with Crippen LogP contribution in [0.3, 0.4) is 0 Å². The molecule has 7 heteroatoms. The molecule has 0 spiro atoms. The fourth-order valence-electron chi connectivity index (χ4n) is 2.59. The highest BCUT2D eigenvalue weighted by molar-refractivity contribution is 7.81. The van der Waals surface area contributed by atoms with E-state index >= 15 is 0 Å². The van der Waals surface area contributed by atoms with Gasteiger partial charge >= 0.3 is 0 Å². The molecule has 1 heterocycles. The Bertz CT molecular complexity index is 1070. The Labute approximate surface area is 183 Å². The molecule has 0 aliphatic rings. The number of aromatic nitrogens is 1. The standard InChI is InChI=1S/C21H15Cl3N2OS/c1-13-3-2-10-26(12-13)19(20(27)17-11-15(23)6-9-18(17)24)21(28)25-16-7-4-14(22)5-8-16/h2-12H,1H3,(H-,25,27,28). The van der Waals surface area contributed by atoms with Crippen LogP contribution in [-0.4, -0.2) is 4.99 Å². The van der Waals surface area contributed by atoms with Crippen LogP contribution >= 0.6 is 47.0 Å². The van der Waals surface area contributed by atoms with Crippen LogP contribution in [0.5, 0.6) is 0 Å². The highest BCUT2D eigenvalue weighted by Crippen LogP contribution is 2.27. The van der Waals surface area contributed by atoms with Crippen molar-refractivity contribution in [3.63, 3.8) is 0 Å². The predicted molar refractivity (Wildman–Crippen MR) is 119 cm³/mol. The first-order valence-electron chi connectivity index (χ1n) is 8.27. The van der Waals surface area contributed by atoms with Gasteiger partial charge in [-0.15, -0.1) is 0 Å². The van der Waals surface area contributed by atoms with Crippen molar-refractivity contribution >= 4 is 69.2 Å². The highest BCUT2D eigenvalue weighted by atomic mass is 35.5. The molecule has 0 fully saturated rings. The number of pyridine rings is 1. The summed E-state index contributed by atoms with van der Waals surface area (Å²) in [6.07, 6.45) is 3.58. The predicted octanol–water partition coefficient (Wildman–Crippen LogP) is 5.37. The quantitative estimate of drug-likeness (QED) is 0.252. The number of aryl methyl sites for hydroxylation is 1. The smallest absolute Gasteiger partial charge is 0.238 e. The average Bonchev–Trinajstić information content (AvgIpc) is 2.66. The number of nitrogens with one attached hydrogen (secondary N) is 1. The first kappa shape index (κ1) is 20.6. The van der Waals surface area contributed by atoms with Gasteiger partial charge < -0.3 is 10.4 Å². The zero-order valence-electron chi connectivity index (χ0n) is 14.7. The Hall–Kier alpha value is -2.11. The minimum Gasteiger partial charge on any atom is -0.867 e. The van der Waals surface area contributed by atoms with E-state index in [0.717, 1.165) is 5.56 Å². The molecule has 0 radical (unpaired) electrons. The summed E-state index contributed by atoms with van der Waals surface area (Å²) in [6.45, 7) is 1.93. The Kier molecular flexibility index (Phi) is 6.57. The summed E-state index contributed by atoms with van der Waals surface area (Å²) in [5, 5.41) is 17.8. The van der Waals surface area contributed by atoms with Gasteiger partial charge in [0.2, 0.25) is 5.70 Å². The largest absolute Gasteiger partial charge is 0.867 e. The van der Waals surface area contributed by atoms with Gasteiger partial charge in [0.15, 0.2) is 17.4 Å². The van der Waals surface area contributed by atoms with Gasteiger partial charge in [0.25, 0.3) is 0 Å². The fourth-order valence-corrected chi connectivity index (χ4v) is 3.41. The zero-order valence-corrected chi connectivity index (χ0v) is 17.8. The van der Waals surface area contributed by atoms with Crippen molar-refractivity contribution in [1.82, 2.24) is 0 Å². The molecular formula is C21H15Cl3N2OS. The lowest BCUT2D eigenvalue weighted by Gasteiger charge is -2.18. The summed E-state index contributed by atoms with van der Waals surface area (Å²) in [5.41, 5.74) is 2.22. The second-order valence-electron chi connectivity index (χ2n) is 6.05. The van der Waals surface area contributed by atoms with Gasteiger partial charge in [0.1, 0.15) is 0 Å². The summed E-state index contributed by atoms with van der Waals surface area (Å²) in [4.78, 5) is 0.249. The number of rotatable bonds is 4. The van der Waals surface area contributed by atoms with Crippen LogP contribution in [0.1, 0.15) is 11.1 Å². The van der Waals surface area contributed by atoms with Gasteiger partial charge in [-0.2, -0.15) is 4.57 Å². The molecule has 0 aliphatic carbocycles. The van der Waals surface area contributed by atoms with Crippen molar-refractivity contribution in [2.75, 3.05) is 5.32 Å². The molecule has 28 heavy (non-hydrogen) atoms. The van der Waals surface area contributed by atoms with E-state index < -0.39 is 0 Å². The molecule has 0 bridgehead atoms. The maximum absolute atomic E-state index is 13.4. The Morgan fingerprint density at radius 1 is 1.00 bits per heavy atom. The number of halogens is 3. The van der Waals surface area contributed by atoms with Gasteiger partial charge in [-0.1, -0.05) is 47.0 Å². The van der Waals surface area contributed by atoms with Crippen LogP contribution in [-0.2, 0) is 0 Å². The van der Waals surface area contributed by atoms with Crippen molar-refractivity contribution in [1.29, 1.82) is 0 Å². The van der Waals surface area contributed by atoms with Crippen molar-refractivity contribution in [3.8, 4) is 0 Å². The number of nitrogens with zero attached hydrogens (tertiary/aromatic N) is 1. The molecule has 0 aliphatic heterocycles. The lowest BCUT2D eigenvalue weighted by Crippen LogP contribution is -2.40. The van der Waals surface area contributed by atoms with E-state index in [9.17, 15) is 5.11 Å². The van der Waals surface area contributed by atoms with Gasteiger partial charge in [0.05, 0.1) is 0 Å². The molecule has 3 nitrogen and oxygen atoms in total. The number of hydrogen-bond donors (Lipinski definition) is 1. The van der Waals surface area contributed by atoms with Crippen LogP contribution in [0.15, 0.2) is 67.0 Å². The van der Waals surface area contributed by atoms with E-state index in [-0.39, 0.29) is 22.0 Å². The maximum Gasteiger partial charge on any atom is 0.238 e. The van der Waals surface area contributed by atoms with E-state index in [2.05, 4.69) is 5.32 Å². The Balaban J connectivity index is 2.13. The molecule has 1 aromatic heterocycles. The third kappa shape index (κ3) is 4.83. The van der Waals surface area contributed by atoms with Gasteiger partial charge in [-0.25, -0.2) is 0 Å². The summed E-state index contributed by atoms with van der Waals surface area (Å²) >= 11 is 23.8. The van der Waals surface area contributed by atoms with E-state index in [1.807, 2.05) is 25.3 Å². The normalized spacial score (nSPS) is 11.7. The van der Waals surface area contributed by atoms with Gasteiger partial charge in [0, 0.05) is 32.4 Å². The molecule has 2 aromatic carbocycles. The van der Waals surface area contributed by atoms with E-state index in [1.54, 1.807) is 47.2 Å². The molecule has 0 unspecified atom stereocenters. The average molecular weight is 450 g/mol. The molecule has 0 saturated carbocycles. The lowest BCUT2D eigenvalue weighted by molar-refractivity contribution is -0.578. The second-order valence-corrected chi connectivity index (χ2v) is 7.74. The SMILES string of the molecule is Cc1ccc[n+](C(C(=S)Nc2ccc(Cl)cc2)=C([O-])c2cc(Cl)ccc2Cl)c1. The summed E-state index contributed by atoms with van der Waals surface area (Å²) in [6, 6.07) is 15.6. The fraction of sp³-hybridized carbons (Fsp3) is 0.0476. The molecule has 0 amide bonds. The van der Waals surface area contributed by atoms with Crippen molar-refractivity contribution in [2.24, 2.45) is 0 Å². The van der Waals surface area contributed by atoms with E-state index in [1.165, 1.54) is 6.07 Å². The molecule has 142 valence electrons. The third-order valence-corrected chi connectivity index (χ3v) is 5.02. The molecule has 3 aromatic rings. The van der Waals surface area contributed by atoms with Gasteiger partial charge in [-0.05, 0) is 66.8 Å². The number of thiocarbonyl (C=S) groups is 1. The molecular weight excluding hydrogens is 435 g/mol. The van der Waals surface area contributed by atoms with Gasteiger partial charge in [-0.3, -0.25) is 0 Å². The summed E-state index contributed by atoms with van der Waals surface area (Å²) in [7, 11) is 0. The number of hydrogen-bond acceptors (Lipinski definition) is 2. The molecule has 3 rings (SSSR count). The van der Waals surface area contributed by atoms with E-state index in [0.29, 0.717) is 20.8 Å². The highest BCUT2D eigenvalue weighted by Gasteiger charge is 2.20. The minimum absolute atomic E-state index is 0.249.